The Bertz CT molecular complexity index is 506. The average Bonchev–Trinajstić information content (AvgIpc) is 2.59. The van der Waals surface area contributed by atoms with Crippen molar-refractivity contribution in [3.05, 3.63) is 23.8 Å². The second-order valence-electron chi connectivity index (χ2n) is 2.90. The Kier molecular flexibility index (Phi) is 2.64. The van der Waals surface area contributed by atoms with Crippen molar-refractivity contribution in [1.82, 2.24) is 4.98 Å². The van der Waals surface area contributed by atoms with Crippen LogP contribution in [0.15, 0.2) is 27.8 Å². The highest BCUT2D eigenvalue weighted by Gasteiger charge is 2.09. The highest BCUT2D eigenvalue weighted by Crippen LogP contribution is 2.23. The predicted molar refractivity (Wildman–Crippen MR) is 57.4 cm³/mol. The first-order valence-corrected chi connectivity index (χ1v) is 5.46. The fraction of sp³-hybridized carbons (Fsp3) is 0.200. The van der Waals surface area contributed by atoms with Crippen molar-refractivity contribution in [2.45, 2.75) is 12.1 Å². The van der Waals surface area contributed by atoms with Crippen molar-refractivity contribution in [3.8, 4) is 0 Å². The van der Waals surface area contributed by atoms with Gasteiger partial charge in [0, 0.05) is 0 Å². The zero-order valence-electron chi connectivity index (χ0n) is 8.06. The minimum Gasteiger partial charge on any atom is -0.478 e. The monoisotopic (exact) mass is 223 g/mol. The average molecular weight is 223 g/mol. The van der Waals surface area contributed by atoms with Gasteiger partial charge in [0.2, 0.25) is 0 Å². The molecule has 4 nitrogen and oxygen atoms in total. The Morgan fingerprint density at radius 2 is 2.40 bits per heavy atom. The van der Waals surface area contributed by atoms with Crippen LogP contribution >= 0.6 is 11.8 Å². The van der Waals surface area contributed by atoms with Crippen LogP contribution in [0.2, 0.25) is 0 Å². The molecule has 1 aromatic carbocycles. The Morgan fingerprint density at radius 1 is 1.60 bits per heavy atom. The van der Waals surface area contributed by atoms with Crippen LogP contribution in [-0.2, 0) is 0 Å². The second-order valence-corrected chi connectivity index (χ2v) is 4.12. The molecule has 0 amide bonds. The fourth-order valence-corrected chi connectivity index (χ4v) is 1.78. The number of benzene rings is 1. The van der Waals surface area contributed by atoms with Gasteiger partial charge in [-0.3, -0.25) is 0 Å². The third-order valence-electron chi connectivity index (χ3n) is 1.88. The molecule has 0 bridgehead atoms. The number of fused-ring (bicyclic) bond motifs is 1. The summed E-state index contributed by atoms with van der Waals surface area (Å²) in [7, 11) is 0. The van der Waals surface area contributed by atoms with Gasteiger partial charge in [0.15, 0.2) is 5.58 Å². The van der Waals surface area contributed by atoms with Crippen LogP contribution in [0.3, 0.4) is 0 Å². The molecule has 0 radical (unpaired) electrons. The molecule has 1 N–H and O–H groups in total. The highest BCUT2D eigenvalue weighted by atomic mass is 32.2. The van der Waals surface area contributed by atoms with Gasteiger partial charge in [0.05, 0.1) is 5.56 Å². The molecular weight excluding hydrogens is 214 g/mol. The van der Waals surface area contributed by atoms with Crippen molar-refractivity contribution < 1.29 is 14.3 Å². The van der Waals surface area contributed by atoms with Gasteiger partial charge >= 0.3 is 5.97 Å². The molecule has 78 valence electrons. The van der Waals surface area contributed by atoms with Crippen LogP contribution in [0, 0.1) is 0 Å². The van der Waals surface area contributed by atoms with Gasteiger partial charge in [-0.2, -0.15) is 0 Å². The number of hydrogen-bond donors (Lipinski definition) is 1. The van der Waals surface area contributed by atoms with E-state index in [0.29, 0.717) is 16.3 Å². The molecule has 2 aromatic rings. The van der Waals surface area contributed by atoms with Crippen LogP contribution in [0.4, 0.5) is 0 Å². The third kappa shape index (κ3) is 1.97. The largest absolute Gasteiger partial charge is 0.478 e. The predicted octanol–water partition coefficient (Wildman–Crippen LogP) is 2.64. The first-order chi connectivity index (χ1) is 7.20. The summed E-state index contributed by atoms with van der Waals surface area (Å²) in [4.78, 5) is 14.9. The van der Waals surface area contributed by atoms with Crippen molar-refractivity contribution in [3.63, 3.8) is 0 Å². The van der Waals surface area contributed by atoms with Crippen LogP contribution in [0.25, 0.3) is 11.1 Å². The molecule has 0 aliphatic rings. The smallest absolute Gasteiger partial charge is 0.335 e. The molecule has 1 aromatic heterocycles. The van der Waals surface area contributed by atoms with Crippen LogP contribution < -0.4 is 0 Å². The number of carbonyl (C=O) groups is 1. The molecule has 0 saturated heterocycles. The van der Waals surface area contributed by atoms with E-state index in [1.165, 1.54) is 23.9 Å². The SMILES string of the molecule is CCSc1nc2ccc(C(=O)O)cc2o1. The van der Waals surface area contributed by atoms with E-state index >= 15 is 0 Å². The van der Waals surface area contributed by atoms with Gasteiger partial charge in [-0.1, -0.05) is 18.7 Å². The van der Waals surface area contributed by atoms with Gasteiger partial charge in [-0.05, 0) is 24.0 Å². The Morgan fingerprint density at radius 3 is 3.07 bits per heavy atom. The summed E-state index contributed by atoms with van der Waals surface area (Å²) in [6.45, 7) is 2.00. The van der Waals surface area contributed by atoms with E-state index in [1.54, 1.807) is 6.07 Å². The zero-order valence-corrected chi connectivity index (χ0v) is 8.87. The fourth-order valence-electron chi connectivity index (χ4n) is 1.22. The quantitative estimate of drug-likeness (QED) is 0.810. The summed E-state index contributed by atoms with van der Waals surface area (Å²) >= 11 is 1.49. The van der Waals surface area contributed by atoms with E-state index in [0.717, 1.165) is 5.75 Å². The lowest BCUT2D eigenvalue weighted by molar-refractivity contribution is 0.0697. The third-order valence-corrected chi connectivity index (χ3v) is 2.59. The molecule has 1 heterocycles. The lowest BCUT2D eigenvalue weighted by Crippen LogP contribution is -1.94. The number of thioether (sulfide) groups is 1. The standard InChI is InChI=1S/C10H9NO3S/c1-2-15-10-11-7-4-3-6(9(12)13)5-8(7)14-10/h3-5H,2H2,1H3,(H,12,13). The molecule has 15 heavy (non-hydrogen) atoms. The number of aromatic nitrogens is 1. The van der Waals surface area contributed by atoms with Crippen LogP contribution in [0.5, 0.6) is 0 Å². The molecule has 0 unspecified atom stereocenters. The summed E-state index contributed by atoms with van der Waals surface area (Å²) in [6, 6.07) is 4.67. The van der Waals surface area contributed by atoms with Gasteiger partial charge < -0.3 is 9.52 Å². The summed E-state index contributed by atoms with van der Waals surface area (Å²) in [5, 5.41) is 9.37. The summed E-state index contributed by atoms with van der Waals surface area (Å²) in [6.07, 6.45) is 0. The molecule has 0 atom stereocenters. The van der Waals surface area contributed by atoms with E-state index in [1.807, 2.05) is 6.92 Å². The Labute approximate surface area is 90.3 Å². The van der Waals surface area contributed by atoms with Gasteiger partial charge in [0.1, 0.15) is 5.52 Å². The van der Waals surface area contributed by atoms with Crippen LogP contribution in [0.1, 0.15) is 17.3 Å². The van der Waals surface area contributed by atoms with E-state index < -0.39 is 5.97 Å². The number of aromatic carboxylic acids is 1. The van der Waals surface area contributed by atoms with Crippen molar-refractivity contribution in [2.24, 2.45) is 0 Å². The molecule has 5 heteroatoms. The molecule has 0 aliphatic heterocycles. The first kappa shape index (κ1) is 10.0. The summed E-state index contributed by atoms with van der Waals surface area (Å²) in [5.74, 6) is -0.0866. The highest BCUT2D eigenvalue weighted by molar-refractivity contribution is 7.99. The van der Waals surface area contributed by atoms with E-state index in [9.17, 15) is 4.79 Å². The minimum absolute atomic E-state index is 0.215. The van der Waals surface area contributed by atoms with Gasteiger partial charge in [0.25, 0.3) is 5.22 Å². The van der Waals surface area contributed by atoms with Crippen molar-refractivity contribution in [2.75, 3.05) is 5.75 Å². The van der Waals surface area contributed by atoms with E-state index in [2.05, 4.69) is 4.98 Å². The number of oxazole rings is 1. The maximum atomic E-state index is 10.7. The lowest BCUT2D eigenvalue weighted by atomic mass is 10.2. The molecule has 0 aliphatic carbocycles. The topological polar surface area (TPSA) is 63.3 Å². The van der Waals surface area contributed by atoms with Crippen molar-refractivity contribution >= 4 is 28.8 Å². The second kappa shape index (κ2) is 3.94. The summed E-state index contributed by atoms with van der Waals surface area (Å²) < 4.78 is 5.39. The molecule has 0 saturated carbocycles. The minimum atomic E-state index is -0.960. The maximum Gasteiger partial charge on any atom is 0.335 e. The zero-order chi connectivity index (χ0) is 10.8. The number of hydrogen-bond acceptors (Lipinski definition) is 4. The number of nitrogens with zero attached hydrogens (tertiary/aromatic N) is 1. The molecule has 0 fully saturated rings. The van der Waals surface area contributed by atoms with E-state index in [4.69, 9.17) is 9.52 Å². The van der Waals surface area contributed by atoms with Crippen LogP contribution in [-0.4, -0.2) is 21.8 Å². The molecular formula is C10H9NO3S. The summed E-state index contributed by atoms with van der Waals surface area (Å²) in [5.41, 5.74) is 1.42. The number of rotatable bonds is 3. The molecule has 0 spiro atoms. The first-order valence-electron chi connectivity index (χ1n) is 4.47. The van der Waals surface area contributed by atoms with Gasteiger partial charge in [-0.25, -0.2) is 9.78 Å². The van der Waals surface area contributed by atoms with Crippen molar-refractivity contribution in [1.29, 1.82) is 0 Å². The molecule has 2 rings (SSSR count). The van der Waals surface area contributed by atoms with E-state index in [-0.39, 0.29) is 5.56 Å². The number of carboxylic acids is 1. The lowest BCUT2D eigenvalue weighted by Gasteiger charge is -1.91. The Hall–Kier alpha value is -1.49. The maximum absolute atomic E-state index is 10.7. The van der Waals surface area contributed by atoms with Gasteiger partial charge in [-0.15, -0.1) is 0 Å². The number of carboxylic acid groups (broad SMARTS) is 1. The Balaban J connectivity index is 2.47. The normalized spacial score (nSPS) is 10.7.